The molecular weight excluding hydrogens is 453 g/mol. The number of rotatable bonds is 10. The van der Waals surface area contributed by atoms with Gasteiger partial charge < -0.3 is 15.4 Å². The molecule has 3 rings (SSSR count). The minimum absolute atomic E-state index is 0. The van der Waals surface area contributed by atoms with Gasteiger partial charge in [-0.25, -0.2) is 9.67 Å². The van der Waals surface area contributed by atoms with E-state index >= 15 is 0 Å². The highest BCUT2D eigenvalue weighted by Gasteiger charge is 2.20. The average molecular weight is 483 g/mol. The number of aliphatic imine (C=N–C) groups is 1. The Morgan fingerprint density at radius 1 is 1.26 bits per heavy atom. The fourth-order valence-corrected chi connectivity index (χ4v) is 2.60. The number of benzene rings is 1. The molecule has 148 valence electrons. The van der Waals surface area contributed by atoms with E-state index in [0.717, 1.165) is 50.3 Å². The van der Waals surface area contributed by atoms with Crippen LogP contribution in [0.25, 0.3) is 5.69 Å². The topological polar surface area (TPSA) is 63.5 Å². The van der Waals surface area contributed by atoms with Gasteiger partial charge in [-0.3, -0.25) is 0 Å². The van der Waals surface area contributed by atoms with Gasteiger partial charge in [0, 0.05) is 38.7 Å². The molecule has 1 aliphatic rings. The lowest BCUT2D eigenvalue weighted by atomic mass is 10.2. The SMILES string of the molecule is CCNC(=NCc1ccc(-n2cccn2)cc1)NCCCOCC1CC1.I. The van der Waals surface area contributed by atoms with Gasteiger partial charge in [0.2, 0.25) is 0 Å². The van der Waals surface area contributed by atoms with Crippen LogP contribution in [-0.4, -0.2) is 42.0 Å². The van der Waals surface area contributed by atoms with Crippen molar-refractivity contribution in [3.63, 3.8) is 0 Å². The number of guanidine groups is 1. The van der Waals surface area contributed by atoms with Crippen LogP contribution in [0.5, 0.6) is 0 Å². The number of halogens is 1. The van der Waals surface area contributed by atoms with Gasteiger partial charge in [-0.05, 0) is 55.9 Å². The minimum Gasteiger partial charge on any atom is -0.381 e. The first-order chi connectivity index (χ1) is 12.8. The molecule has 0 amide bonds. The molecule has 1 saturated carbocycles. The van der Waals surface area contributed by atoms with Crippen molar-refractivity contribution in [2.75, 3.05) is 26.3 Å². The van der Waals surface area contributed by atoms with E-state index in [1.54, 1.807) is 6.20 Å². The molecular formula is C20H30IN5O. The van der Waals surface area contributed by atoms with E-state index in [-0.39, 0.29) is 24.0 Å². The molecule has 1 aliphatic carbocycles. The van der Waals surface area contributed by atoms with E-state index < -0.39 is 0 Å². The second-order valence-corrected chi connectivity index (χ2v) is 6.61. The molecule has 0 atom stereocenters. The Morgan fingerprint density at radius 3 is 2.74 bits per heavy atom. The summed E-state index contributed by atoms with van der Waals surface area (Å²) in [6.07, 6.45) is 7.41. The van der Waals surface area contributed by atoms with Gasteiger partial charge >= 0.3 is 0 Å². The maximum absolute atomic E-state index is 5.66. The Morgan fingerprint density at radius 2 is 2.07 bits per heavy atom. The lowest BCUT2D eigenvalue weighted by molar-refractivity contribution is 0.123. The Bertz CT molecular complexity index is 668. The molecule has 1 aromatic carbocycles. The number of hydrogen-bond donors (Lipinski definition) is 2. The summed E-state index contributed by atoms with van der Waals surface area (Å²) in [7, 11) is 0. The molecule has 0 saturated heterocycles. The molecule has 0 bridgehead atoms. The third-order valence-corrected chi connectivity index (χ3v) is 4.28. The van der Waals surface area contributed by atoms with Crippen LogP contribution >= 0.6 is 24.0 Å². The summed E-state index contributed by atoms with van der Waals surface area (Å²) >= 11 is 0. The summed E-state index contributed by atoms with van der Waals surface area (Å²) in [6.45, 7) is 6.19. The fraction of sp³-hybridized carbons (Fsp3) is 0.500. The van der Waals surface area contributed by atoms with E-state index in [2.05, 4.69) is 51.9 Å². The summed E-state index contributed by atoms with van der Waals surface area (Å²) in [5.74, 6) is 1.69. The van der Waals surface area contributed by atoms with Crippen LogP contribution in [0.1, 0.15) is 31.7 Å². The van der Waals surface area contributed by atoms with E-state index in [0.29, 0.717) is 6.54 Å². The largest absolute Gasteiger partial charge is 0.381 e. The zero-order valence-corrected chi connectivity index (χ0v) is 18.3. The maximum Gasteiger partial charge on any atom is 0.191 e. The highest BCUT2D eigenvalue weighted by molar-refractivity contribution is 14.0. The maximum atomic E-state index is 5.66. The second-order valence-electron chi connectivity index (χ2n) is 6.61. The van der Waals surface area contributed by atoms with Gasteiger partial charge in [0.25, 0.3) is 0 Å². The first-order valence-corrected chi connectivity index (χ1v) is 9.54. The summed E-state index contributed by atoms with van der Waals surface area (Å²) in [4.78, 5) is 4.66. The average Bonchev–Trinajstić information content (AvgIpc) is 3.33. The van der Waals surface area contributed by atoms with Crippen molar-refractivity contribution in [3.05, 3.63) is 48.3 Å². The number of nitrogens with one attached hydrogen (secondary N) is 2. The van der Waals surface area contributed by atoms with E-state index in [1.165, 1.54) is 18.4 Å². The quantitative estimate of drug-likeness (QED) is 0.236. The molecule has 2 N–H and O–H groups in total. The van der Waals surface area contributed by atoms with Crippen LogP contribution in [0.3, 0.4) is 0 Å². The van der Waals surface area contributed by atoms with Crippen molar-refractivity contribution in [1.82, 2.24) is 20.4 Å². The molecule has 1 heterocycles. The van der Waals surface area contributed by atoms with Crippen LogP contribution in [0.2, 0.25) is 0 Å². The smallest absolute Gasteiger partial charge is 0.191 e. The Balaban J connectivity index is 0.00000261. The molecule has 1 aromatic heterocycles. The van der Waals surface area contributed by atoms with Gasteiger partial charge in [0.1, 0.15) is 0 Å². The lowest BCUT2D eigenvalue weighted by Gasteiger charge is -2.11. The van der Waals surface area contributed by atoms with Crippen LogP contribution in [0, 0.1) is 5.92 Å². The van der Waals surface area contributed by atoms with E-state index in [4.69, 9.17) is 4.74 Å². The predicted molar refractivity (Wildman–Crippen MR) is 120 cm³/mol. The van der Waals surface area contributed by atoms with Gasteiger partial charge in [0.05, 0.1) is 12.2 Å². The third-order valence-electron chi connectivity index (χ3n) is 4.28. The minimum atomic E-state index is 0. The zero-order chi connectivity index (χ0) is 18.0. The van der Waals surface area contributed by atoms with Crippen molar-refractivity contribution in [3.8, 4) is 5.69 Å². The predicted octanol–water partition coefficient (Wildman–Crippen LogP) is 3.36. The van der Waals surface area contributed by atoms with Crippen LogP contribution in [0.4, 0.5) is 0 Å². The summed E-state index contributed by atoms with van der Waals surface area (Å²) in [5.41, 5.74) is 2.23. The van der Waals surface area contributed by atoms with Crippen molar-refractivity contribution < 1.29 is 4.74 Å². The van der Waals surface area contributed by atoms with Gasteiger partial charge in [-0.15, -0.1) is 24.0 Å². The van der Waals surface area contributed by atoms with Gasteiger partial charge in [0.15, 0.2) is 5.96 Å². The number of nitrogens with zero attached hydrogens (tertiary/aromatic N) is 3. The first-order valence-electron chi connectivity index (χ1n) is 9.54. The molecule has 27 heavy (non-hydrogen) atoms. The van der Waals surface area contributed by atoms with Crippen molar-refractivity contribution in [2.45, 2.75) is 32.7 Å². The fourth-order valence-electron chi connectivity index (χ4n) is 2.60. The van der Waals surface area contributed by atoms with Gasteiger partial charge in [-0.2, -0.15) is 5.10 Å². The van der Waals surface area contributed by atoms with E-state index in [1.807, 2.05) is 16.9 Å². The Kier molecular flexibility index (Phi) is 9.61. The summed E-state index contributed by atoms with van der Waals surface area (Å²) < 4.78 is 7.51. The lowest BCUT2D eigenvalue weighted by Crippen LogP contribution is -2.38. The zero-order valence-electron chi connectivity index (χ0n) is 15.9. The molecule has 1 fully saturated rings. The molecule has 6 nitrogen and oxygen atoms in total. The molecule has 2 aromatic rings. The standard InChI is InChI=1S/C20H29N5O.HI/c1-2-21-20(22-11-4-14-26-16-18-5-6-18)23-15-17-7-9-19(10-8-17)25-13-3-12-24-25;/h3,7-10,12-13,18H,2,4-6,11,14-16H2,1H3,(H2,21,22,23);1H. The summed E-state index contributed by atoms with van der Waals surface area (Å²) in [6, 6.07) is 10.2. The normalized spacial score (nSPS) is 13.9. The molecule has 0 spiro atoms. The number of ether oxygens (including phenoxy) is 1. The summed E-state index contributed by atoms with van der Waals surface area (Å²) in [5, 5.41) is 10.9. The number of aromatic nitrogens is 2. The molecule has 0 aliphatic heterocycles. The Hall–Kier alpha value is -1.61. The first kappa shape index (κ1) is 21.7. The van der Waals surface area contributed by atoms with Crippen LogP contribution in [-0.2, 0) is 11.3 Å². The van der Waals surface area contributed by atoms with E-state index in [9.17, 15) is 0 Å². The van der Waals surface area contributed by atoms with Crippen molar-refractivity contribution in [1.29, 1.82) is 0 Å². The van der Waals surface area contributed by atoms with Crippen molar-refractivity contribution >= 4 is 29.9 Å². The monoisotopic (exact) mass is 483 g/mol. The van der Waals surface area contributed by atoms with Gasteiger partial charge in [-0.1, -0.05) is 12.1 Å². The second kappa shape index (κ2) is 12.0. The Labute approximate surface area is 178 Å². The van der Waals surface area contributed by atoms with Crippen LogP contribution in [0.15, 0.2) is 47.7 Å². The third kappa shape index (κ3) is 7.88. The molecule has 0 unspecified atom stereocenters. The number of hydrogen-bond acceptors (Lipinski definition) is 3. The highest BCUT2D eigenvalue weighted by Crippen LogP contribution is 2.28. The highest BCUT2D eigenvalue weighted by atomic mass is 127. The van der Waals surface area contributed by atoms with Crippen LogP contribution < -0.4 is 10.6 Å². The van der Waals surface area contributed by atoms with Crippen molar-refractivity contribution in [2.24, 2.45) is 10.9 Å². The molecule has 0 radical (unpaired) electrons. The molecule has 7 heteroatoms.